The van der Waals surface area contributed by atoms with Gasteiger partial charge in [-0.2, -0.15) is 0 Å². The lowest BCUT2D eigenvalue weighted by Crippen LogP contribution is -2.45. The van der Waals surface area contributed by atoms with Crippen LogP contribution >= 0.6 is 0 Å². The molecule has 0 saturated carbocycles. The molecule has 0 fully saturated rings. The van der Waals surface area contributed by atoms with Crippen molar-refractivity contribution in [1.29, 1.82) is 0 Å². The number of rotatable bonds is 57. The number of unbranched alkanes of at least 4 members (excludes halogenated alkanes) is 40. The van der Waals surface area contributed by atoms with Gasteiger partial charge in [0.15, 0.2) is 0 Å². The fourth-order valence-electron chi connectivity index (χ4n) is 9.31. The van der Waals surface area contributed by atoms with Crippen molar-refractivity contribution in [2.45, 2.75) is 334 Å². The lowest BCUT2D eigenvalue weighted by atomic mass is 10.0. The van der Waals surface area contributed by atoms with E-state index in [1.165, 1.54) is 231 Å². The largest absolute Gasteiger partial charge is 0.466 e. The summed E-state index contributed by atoms with van der Waals surface area (Å²) in [5.74, 6) is -0.0875. The summed E-state index contributed by atoms with van der Waals surface area (Å²) in [6.45, 7) is 4.87. The number of aliphatic hydroxyl groups excluding tert-OH is 2. The molecule has 1 amide bonds. The number of aliphatic hydroxyl groups is 2. The van der Waals surface area contributed by atoms with Crippen LogP contribution < -0.4 is 5.32 Å². The van der Waals surface area contributed by atoms with Gasteiger partial charge in [-0.05, 0) is 89.9 Å². The van der Waals surface area contributed by atoms with E-state index in [-0.39, 0.29) is 18.5 Å². The highest BCUT2D eigenvalue weighted by atomic mass is 16.5. The molecule has 0 aliphatic heterocycles. The molecule has 0 aromatic rings. The van der Waals surface area contributed by atoms with Crippen LogP contribution in [0.1, 0.15) is 322 Å². The molecule has 70 heavy (non-hydrogen) atoms. The summed E-state index contributed by atoms with van der Waals surface area (Å²) in [6.07, 6.45) is 75.7. The topological polar surface area (TPSA) is 95.9 Å². The molecule has 0 spiro atoms. The van der Waals surface area contributed by atoms with Crippen molar-refractivity contribution >= 4 is 11.9 Å². The summed E-state index contributed by atoms with van der Waals surface area (Å²) in [5.41, 5.74) is 0. The van der Waals surface area contributed by atoms with Gasteiger partial charge in [0, 0.05) is 12.8 Å². The summed E-state index contributed by atoms with van der Waals surface area (Å²) in [7, 11) is 0. The van der Waals surface area contributed by atoms with E-state index in [4.69, 9.17) is 4.74 Å². The van der Waals surface area contributed by atoms with Crippen molar-refractivity contribution in [1.82, 2.24) is 5.32 Å². The molecule has 0 radical (unpaired) electrons. The number of carbonyl (C=O) groups excluding carboxylic acids is 2. The van der Waals surface area contributed by atoms with Crippen LogP contribution in [0.15, 0.2) is 48.6 Å². The minimum absolute atomic E-state index is 0.0110. The molecule has 6 heteroatoms. The fourth-order valence-corrected chi connectivity index (χ4v) is 9.31. The van der Waals surface area contributed by atoms with Crippen molar-refractivity contribution in [2.24, 2.45) is 0 Å². The highest BCUT2D eigenvalue weighted by Gasteiger charge is 2.18. The molecule has 0 aromatic heterocycles. The molecule has 2 atom stereocenters. The van der Waals surface area contributed by atoms with Crippen molar-refractivity contribution in [3.8, 4) is 0 Å². The quantitative estimate of drug-likeness (QED) is 0.0321. The van der Waals surface area contributed by atoms with Crippen LogP contribution in [0.5, 0.6) is 0 Å². The normalized spacial score (nSPS) is 12.9. The molecular weight excluding hydrogens is 863 g/mol. The van der Waals surface area contributed by atoms with Gasteiger partial charge in [-0.1, -0.05) is 268 Å². The Balaban J connectivity index is 3.48. The minimum atomic E-state index is -0.852. The predicted octanol–water partition coefficient (Wildman–Crippen LogP) is 19.4. The van der Waals surface area contributed by atoms with Crippen molar-refractivity contribution in [2.75, 3.05) is 13.2 Å². The number of amides is 1. The van der Waals surface area contributed by atoms with Gasteiger partial charge in [0.05, 0.1) is 25.4 Å². The summed E-state index contributed by atoms with van der Waals surface area (Å²) >= 11 is 0. The van der Waals surface area contributed by atoms with Crippen LogP contribution in [0, 0.1) is 0 Å². The lowest BCUT2D eigenvalue weighted by molar-refractivity contribution is -0.143. The molecule has 0 aliphatic rings. The zero-order valence-corrected chi connectivity index (χ0v) is 46.7. The van der Waals surface area contributed by atoms with E-state index in [9.17, 15) is 19.8 Å². The Morgan fingerprint density at radius 3 is 1.13 bits per heavy atom. The van der Waals surface area contributed by atoms with Gasteiger partial charge in [0.1, 0.15) is 0 Å². The molecule has 0 bridgehead atoms. The number of hydrogen-bond donors (Lipinski definition) is 3. The summed E-state index contributed by atoms with van der Waals surface area (Å²) in [5, 5.41) is 23.2. The highest BCUT2D eigenvalue weighted by molar-refractivity contribution is 5.76. The second-order valence-electron chi connectivity index (χ2n) is 21.0. The van der Waals surface area contributed by atoms with Gasteiger partial charge in [0.2, 0.25) is 5.91 Å². The third kappa shape index (κ3) is 55.1. The lowest BCUT2D eigenvalue weighted by Gasteiger charge is -2.20. The Bertz CT molecular complexity index is 1180. The maximum atomic E-state index is 12.5. The number of hydrogen-bond acceptors (Lipinski definition) is 5. The average molecular weight is 983 g/mol. The number of ether oxygens (including phenoxy) is 1. The first kappa shape index (κ1) is 67.8. The van der Waals surface area contributed by atoms with Crippen LogP contribution in [0.3, 0.4) is 0 Å². The van der Waals surface area contributed by atoms with E-state index in [2.05, 4.69) is 55.6 Å². The van der Waals surface area contributed by atoms with Crippen LogP contribution in [0.2, 0.25) is 0 Å². The Morgan fingerprint density at radius 1 is 0.400 bits per heavy atom. The first-order valence-electron chi connectivity index (χ1n) is 30.9. The maximum absolute atomic E-state index is 12.5. The Kier molecular flexibility index (Phi) is 57.5. The molecule has 0 saturated heterocycles. The van der Waals surface area contributed by atoms with Gasteiger partial charge < -0.3 is 20.3 Å². The van der Waals surface area contributed by atoms with Gasteiger partial charge in [-0.15, -0.1) is 0 Å². The van der Waals surface area contributed by atoms with E-state index in [0.29, 0.717) is 19.4 Å². The predicted molar refractivity (Wildman–Crippen MR) is 306 cm³/mol. The zero-order chi connectivity index (χ0) is 50.7. The second kappa shape index (κ2) is 59.4. The fraction of sp³-hybridized carbons (Fsp3) is 0.844. The molecule has 0 aromatic carbocycles. The molecule has 2 unspecified atom stereocenters. The van der Waals surface area contributed by atoms with Crippen molar-refractivity contribution in [3.63, 3.8) is 0 Å². The Labute approximate surface area is 436 Å². The van der Waals surface area contributed by atoms with Gasteiger partial charge in [0.25, 0.3) is 0 Å². The van der Waals surface area contributed by atoms with Crippen LogP contribution in [-0.2, 0) is 14.3 Å². The molecule has 410 valence electrons. The molecule has 0 rings (SSSR count). The van der Waals surface area contributed by atoms with E-state index in [1.54, 1.807) is 6.08 Å². The molecule has 6 nitrogen and oxygen atoms in total. The molecular formula is C64H119NO5. The Morgan fingerprint density at radius 2 is 0.714 bits per heavy atom. The number of nitrogens with one attached hydrogen (secondary N) is 1. The highest BCUT2D eigenvalue weighted by Crippen LogP contribution is 2.16. The van der Waals surface area contributed by atoms with Crippen LogP contribution in [0.4, 0.5) is 0 Å². The van der Waals surface area contributed by atoms with Crippen molar-refractivity contribution < 1.29 is 24.5 Å². The minimum Gasteiger partial charge on any atom is -0.466 e. The second-order valence-corrected chi connectivity index (χ2v) is 21.0. The Hall–Kier alpha value is -2.18. The standard InChI is InChI=1S/C64H119NO5/c1-3-5-7-9-11-13-15-17-19-20-22-25-29-32-36-40-44-48-52-56-62(67)61(60-66)65-63(68)57-53-49-45-41-37-33-30-26-23-21-24-27-31-35-39-43-47-51-55-59-70-64(69)58-54-50-46-42-38-34-28-18-16-14-12-10-8-6-4-2/h12,14,18,21,23,28,52,56,61-62,66-67H,3-11,13,15-17,19-20,22,24-27,29-51,53-55,57-60H2,1-2H3,(H,65,68)/b14-12-,23-21-,28-18-,56-52+. The van der Waals surface area contributed by atoms with Gasteiger partial charge in [-0.3, -0.25) is 9.59 Å². The van der Waals surface area contributed by atoms with Crippen LogP contribution in [0.25, 0.3) is 0 Å². The van der Waals surface area contributed by atoms with E-state index >= 15 is 0 Å². The monoisotopic (exact) mass is 982 g/mol. The average Bonchev–Trinajstić information content (AvgIpc) is 3.36. The van der Waals surface area contributed by atoms with Gasteiger partial charge in [-0.25, -0.2) is 0 Å². The smallest absolute Gasteiger partial charge is 0.305 e. The number of esters is 1. The van der Waals surface area contributed by atoms with Crippen LogP contribution in [-0.4, -0.2) is 47.4 Å². The molecule has 3 N–H and O–H groups in total. The van der Waals surface area contributed by atoms with E-state index < -0.39 is 12.1 Å². The number of carbonyl (C=O) groups is 2. The third-order valence-electron chi connectivity index (χ3n) is 14.1. The van der Waals surface area contributed by atoms with E-state index in [0.717, 1.165) is 64.2 Å². The molecule has 0 aliphatic carbocycles. The molecule has 0 heterocycles. The SMILES string of the molecule is CCCCC/C=C\C/C=C\CCCCCCCC(=O)OCCCCCCCCCC/C=C\CCCCCCCCCC(=O)NC(CO)C(O)/C=C/CCCCCCCCCCCCCCCCCCC. The van der Waals surface area contributed by atoms with Crippen molar-refractivity contribution in [3.05, 3.63) is 48.6 Å². The summed E-state index contributed by atoms with van der Waals surface area (Å²) in [6, 6.07) is -0.637. The first-order valence-corrected chi connectivity index (χ1v) is 30.9. The third-order valence-corrected chi connectivity index (χ3v) is 14.1. The maximum Gasteiger partial charge on any atom is 0.305 e. The zero-order valence-electron chi connectivity index (χ0n) is 46.7. The van der Waals surface area contributed by atoms with E-state index in [1.807, 2.05) is 6.08 Å². The van der Waals surface area contributed by atoms with Gasteiger partial charge >= 0.3 is 5.97 Å². The summed E-state index contributed by atoms with van der Waals surface area (Å²) in [4.78, 5) is 24.5. The summed E-state index contributed by atoms with van der Waals surface area (Å²) < 4.78 is 5.47. The first-order chi connectivity index (χ1) is 34.5. The number of allylic oxidation sites excluding steroid dienone is 7.